The lowest BCUT2D eigenvalue weighted by atomic mass is 10.2. The Morgan fingerprint density at radius 2 is 1.80 bits per heavy atom. The minimum absolute atomic E-state index is 0.0645. The average molecular weight is 296 g/mol. The lowest BCUT2D eigenvalue weighted by Gasteiger charge is -2.33. The number of ether oxygens (including phenoxy) is 1. The van der Waals surface area contributed by atoms with Gasteiger partial charge in [-0.1, -0.05) is 0 Å². The summed E-state index contributed by atoms with van der Waals surface area (Å²) in [6.07, 6.45) is -0.289. The van der Waals surface area contributed by atoms with Gasteiger partial charge in [0.1, 0.15) is 0 Å². The maximum atomic E-state index is 12.4. The van der Waals surface area contributed by atoms with Crippen LogP contribution in [0.5, 0.6) is 0 Å². The first-order valence-electron chi connectivity index (χ1n) is 6.81. The molecule has 0 unspecified atom stereocenters. The van der Waals surface area contributed by atoms with Gasteiger partial charge in [0.15, 0.2) is 0 Å². The highest BCUT2D eigenvalue weighted by molar-refractivity contribution is 7.14. The van der Waals surface area contributed by atoms with Crippen LogP contribution in [0.3, 0.4) is 0 Å². The molecule has 0 bridgehead atoms. The van der Waals surface area contributed by atoms with Gasteiger partial charge in [0.2, 0.25) is 0 Å². The second-order valence-electron chi connectivity index (χ2n) is 4.83. The Labute approximate surface area is 123 Å². The van der Waals surface area contributed by atoms with Gasteiger partial charge in [0.25, 0.3) is 5.91 Å². The zero-order valence-corrected chi connectivity index (χ0v) is 13.0. The third kappa shape index (κ3) is 3.12. The third-order valence-corrected chi connectivity index (χ3v) is 4.61. The molecule has 1 aromatic rings. The molecule has 0 atom stereocenters. The fraction of sp³-hybridized carbons (Fsp3) is 0.571. The highest BCUT2D eigenvalue weighted by Crippen LogP contribution is 2.22. The summed E-state index contributed by atoms with van der Waals surface area (Å²) in [6.45, 7) is 8.41. The summed E-state index contributed by atoms with van der Waals surface area (Å²) in [6, 6.07) is 1.94. The Morgan fingerprint density at radius 3 is 2.30 bits per heavy atom. The van der Waals surface area contributed by atoms with Crippen molar-refractivity contribution in [3.63, 3.8) is 0 Å². The molecule has 110 valence electrons. The van der Waals surface area contributed by atoms with Crippen LogP contribution in [0.1, 0.15) is 27.0 Å². The van der Waals surface area contributed by atoms with E-state index in [1.807, 2.05) is 19.9 Å². The highest BCUT2D eigenvalue weighted by Gasteiger charge is 2.26. The number of hydrogen-bond acceptors (Lipinski definition) is 4. The molecule has 1 saturated heterocycles. The molecule has 2 amide bonds. The van der Waals surface area contributed by atoms with Crippen molar-refractivity contribution in [3.8, 4) is 0 Å². The monoisotopic (exact) mass is 296 g/mol. The van der Waals surface area contributed by atoms with E-state index < -0.39 is 0 Å². The van der Waals surface area contributed by atoms with E-state index in [0.29, 0.717) is 32.8 Å². The Hall–Kier alpha value is -1.56. The summed E-state index contributed by atoms with van der Waals surface area (Å²) in [5.74, 6) is 0.0645. The Bertz CT molecular complexity index is 485. The van der Waals surface area contributed by atoms with Crippen molar-refractivity contribution in [1.82, 2.24) is 9.80 Å². The molecule has 1 aliphatic heterocycles. The molecule has 6 heteroatoms. The lowest BCUT2D eigenvalue weighted by molar-refractivity contribution is 0.0574. The zero-order chi connectivity index (χ0) is 14.7. The first-order chi connectivity index (χ1) is 9.52. The van der Waals surface area contributed by atoms with Gasteiger partial charge in [-0.05, 0) is 32.4 Å². The van der Waals surface area contributed by atoms with E-state index in [2.05, 4.69) is 0 Å². The topological polar surface area (TPSA) is 49.9 Å². The van der Waals surface area contributed by atoms with Crippen molar-refractivity contribution in [3.05, 3.63) is 21.4 Å². The van der Waals surface area contributed by atoms with Gasteiger partial charge in [-0.3, -0.25) is 4.79 Å². The predicted octanol–water partition coefficient (Wildman–Crippen LogP) is 2.28. The SMILES string of the molecule is CCOC(=O)N1CCN(C(=O)c2cc(C)c(C)s2)CC1. The Kier molecular flexibility index (Phi) is 4.65. The average Bonchev–Trinajstić information content (AvgIpc) is 2.78. The van der Waals surface area contributed by atoms with E-state index in [4.69, 9.17) is 4.74 Å². The van der Waals surface area contributed by atoms with Crippen molar-refractivity contribution in [2.45, 2.75) is 20.8 Å². The predicted molar refractivity (Wildman–Crippen MR) is 78.3 cm³/mol. The molecular weight excluding hydrogens is 276 g/mol. The molecule has 1 aliphatic rings. The number of piperazine rings is 1. The third-order valence-electron chi connectivity index (χ3n) is 3.47. The van der Waals surface area contributed by atoms with Gasteiger partial charge in [-0.15, -0.1) is 11.3 Å². The molecule has 0 saturated carbocycles. The molecule has 2 rings (SSSR count). The fourth-order valence-electron chi connectivity index (χ4n) is 2.14. The van der Waals surface area contributed by atoms with Crippen LogP contribution in [-0.2, 0) is 4.74 Å². The van der Waals surface area contributed by atoms with Crippen LogP contribution >= 0.6 is 11.3 Å². The zero-order valence-electron chi connectivity index (χ0n) is 12.1. The second kappa shape index (κ2) is 6.26. The van der Waals surface area contributed by atoms with E-state index in [9.17, 15) is 9.59 Å². The smallest absolute Gasteiger partial charge is 0.409 e. The van der Waals surface area contributed by atoms with Crippen LogP contribution in [0.15, 0.2) is 6.07 Å². The van der Waals surface area contributed by atoms with Crippen LogP contribution in [-0.4, -0.2) is 54.6 Å². The summed E-state index contributed by atoms with van der Waals surface area (Å²) in [5.41, 5.74) is 1.16. The molecule has 0 aliphatic carbocycles. The molecule has 1 aromatic heterocycles. The summed E-state index contributed by atoms with van der Waals surface area (Å²) in [5, 5.41) is 0. The molecule has 5 nitrogen and oxygen atoms in total. The summed E-state index contributed by atoms with van der Waals surface area (Å²) >= 11 is 1.53. The van der Waals surface area contributed by atoms with E-state index in [0.717, 1.165) is 10.4 Å². The number of amides is 2. The van der Waals surface area contributed by atoms with Crippen LogP contribution in [0, 0.1) is 13.8 Å². The number of nitrogens with zero attached hydrogens (tertiary/aromatic N) is 2. The number of hydrogen-bond donors (Lipinski definition) is 0. The first-order valence-corrected chi connectivity index (χ1v) is 7.62. The largest absolute Gasteiger partial charge is 0.450 e. The molecule has 0 N–H and O–H groups in total. The van der Waals surface area contributed by atoms with Gasteiger partial charge in [-0.2, -0.15) is 0 Å². The van der Waals surface area contributed by atoms with E-state index in [1.165, 1.54) is 16.2 Å². The molecule has 0 spiro atoms. The van der Waals surface area contributed by atoms with E-state index >= 15 is 0 Å². The highest BCUT2D eigenvalue weighted by atomic mass is 32.1. The number of carbonyl (C=O) groups is 2. The van der Waals surface area contributed by atoms with Gasteiger partial charge in [0, 0.05) is 31.1 Å². The van der Waals surface area contributed by atoms with Crippen molar-refractivity contribution >= 4 is 23.3 Å². The minimum Gasteiger partial charge on any atom is -0.450 e. The lowest BCUT2D eigenvalue weighted by Crippen LogP contribution is -2.50. The van der Waals surface area contributed by atoms with Crippen LogP contribution in [0.4, 0.5) is 4.79 Å². The maximum Gasteiger partial charge on any atom is 0.409 e. The van der Waals surface area contributed by atoms with Crippen molar-refractivity contribution in [2.75, 3.05) is 32.8 Å². The standard InChI is InChI=1S/C14H20N2O3S/c1-4-19-14(18)16-7-5-15(6-8-16)13(17)12-9-10(2)11(3)20-12/h9H,4-8H2,1-3H3. The van der Waals surface area contributed by atoms with Crippen LogP contribution < -0.4 is 0 Å². The Morgan fingerprint density at radius 1 is 1.20 bits per heavy atom. The minimum atomic E-state index is -0.289. The van der Waals surface area contributed by atoms with E-state index in [-0.39, 0.29) is 12.0 Å². The molecule has 1 fully saturated rings. The van der Waals surface area contributed by atoms with Crippen molar-refractivity contribution in [1.29, 1.82) is 0 Å². The van der Waals surface area contributed by atoms with Crippen molar-refractivity contribution in [2.24, 2.45) is 0 Å². The number of aryl methyl sites for hydroxylation is 2. The fourth-order valence-corrected chi connectivity index (χ4v) is 3.14. The van der Waals surface area contributed by atoms with E-state index in [1.54, 1.807) is 16.7 Å². The number of rotatable bonds is 2. The number of thiophene rings is 1. The van der Waals surface area contributed by atoms with Crippen molar-refractivity contribution < 1.29 is 14.3 Å². The summed E-state index contributed by atoms with van der Waals surface area (Å²) < 4.78 is 4.97. The van der Waals surface area contributed by atoms with Gasteiger partial charge in [0.05, 0.1) is 11.5 Å². The summed E-state index contributed by atoms with van der Waals surface area (Å²) in [7, 11) is 0. The molecule has 2 heterocycles. The quantitative estimate of drug-likeness (QED) is 0.841. The molecular formula is C14H20N2O3S. The van der Waals surface area contributed by atoms with Gasteiger partial charge >= 0.3 is 6.09 Å². The first kappa shape index (κ1) is 14.8. The second-order valence-corrected chi connectivity index (χ2v) is 6.08. The normalized spacial score (nSPS) is 15.3. The summed E-state index contributed by atoms with van der Waals surface area (Å²) in [4.78, 5) is 29.4. The molecule has 0 aromatic carbocycles. The van der Waals surface area contributed by atoms with Crippen LogP contribution in [0.2, 0.25) is 0 Å². The molecule has 20 heavy (non-hydrogen) atoms. The maximum absolute atomic E-state index is 12.4. The molecule has 0 radical (unpaired) electrons. The Balaban J connectivity index is 1.93. The number of carbonyl (C=O) groups excluding carboxylic acids is 2. The van der Waals surface area contributed by atoms with Crippen LogP contribution in [0.25, 0.3) is 0 Å². The van der Waals surface area contributed by atoms with Gasteiger partial charge < -0.3 is 14.5 Å². The van der Waals surface area contributed by atoms with Gasteiger partial charge in [-0.25, -0.2) is 4.79 Å².